The number of carbonyl (C=O) groups excluding carboxylic acids is 1. The Balaban J connectivity index is 1.60. The quantitative estimate of drug-likeness (QED) is 0.867. The normalized spacial score (nSPS) is 18.9. The highest BCUT2D eigenvalue weighted by atomic mass is 16.5. The van der Waals surface area contributed by atoms with Gasteiger partial charge in [-0.25, -0.2) is 0 Å². The molecule has 27 heavy (non-hydrogen) atoms. The summed E-state index contributed by atoms with van der Waals surface area (Å²) < 4.78 is 5.51. The van der Waals surface area contributed by atoms with Gasteiger partial charge in [0.25, 0.3) is 0 Å². The van der Waals surface area contributed by atoms with Crippen molar-refractivity contribution in [1.29, 1.82) is 0 Å². The van der Waals surface area contributed by atoms with E-state index in [1.165, 1.54) is 5.56 Å². The van der Waals surface area contributed by atoms with E-state index in [1.54, 1.807) is 0 Å². The molecule has 3 unspecified atom stereocenters. The van der Waals surface area contributed by atoms with Gasteiger partial charge in [0.2, 0.25) is 17.6 Å². The molecule has 7 heteroatoms. The molecule has 1 aliphatic heterocycles. The molecule has 0 radical (unpaired) electrons. The molecule has 0 saturated carbocycles. The summed E-state index contributed by atoms with van der Waals surface area (Å²) in [5.74, 6) is 1.20. The van der Waals surface area contributed by atoms with Crippen LogP contribution in [-0.4, -0.2) is 58.1 Å². The maximum absolute atomic E-state index is 12.5. The predicted octanol–water partition coefficient (Wildman–Crippen LogP) is 2.23. The number of hydrogen-bond donors (Lipinski definition) is 1. The SMILES string of the molecule is Cc1ccc(-c2noc(C(C)N3CCN(C(=O)C(C)C(C)N)CC3)n2)cc1. The Morgan fingerprint density at radius 2 is 1.74 bits per heavy atom. The number of amides is 1. The maximum atomic E-state index is 12.5. The molecule has 2 heterocycles. The van der Waals surface area contributed by atoms with Crippen molar-refractivity contribution in [3.05, 3.63) is 35.7 Å². The van der Waals surface area contributed by atoms with E-state index in [4.69, 9.17) is 10.3 Å². The van der Waals surface area contributed by atoms with Gasteiger partial charge in [0.1, 0.15) is 0 Å². The molecule has 3 rings (SSSR count). The lowest BCUT2D eigenvalue weighted by molar-refractivity contribution is -0.137. The van der Waals surface area contributed by atoms with E-state index < -0.39 is 0 Å². The van der Waals surface area contributed by atoms with Crippen LogP contribution in [0.25, 0.3) is 11.4 Å². The number of benzene rings is 1. The summed E-state index contributed by atoms with van der Waals surface area (Å²) in [7, 11) is 0. The Hall–Kier alpha value is -2.25. The second-order valence-corrected chi connectivity index (χ2v) is 7.51. The monoisotopic (exact) mass is 371 g/mol. The number of rotatable bonds is 5. The van der Waals surface area contributed by atoms with Crippen molar-refractivity contribution >= 4 is 5.91 Å². The number of aromatic nitrogens is 2. The van der Waals surface area contributed by atoms with Crippen LogP contribution in [0.2, 0.25) is 0 Å². The zero-order valence-electron chi connectivity index (χ0n) is 16.6. The van der Waals surface area contributed by atoms with E-state index in [1.807, 2.05) is 49.9 Å². The molecule has 1 aliphatic rings. The zero-order valence-corrected chi connectivity index (χ0v) is 16.6. The van der Waals surface area contributed by atoms with Gasteiger partial charge in [-0.05, 0) is 20.8 Å². The van der Waals surface area contributed by atoms with Crippen LogP contribution in [0, 0.1) is 12.8 Å². The third-order valence-electron chi connectivity index (χ3n) is 5.46. The highest BCUT2D eigenvalue weighted by Crippen LogP contribution is 2.24. The van der Waals surface area contributed by atoms with E-state index in [9.17, 15) is 4.79 Å². The lowest BCUT2D eigenvalue weighted by atomic mass is 10.0. The van der Waals surface area contributed by atoms with Gasteiger partial charge in [0, 0.05) is 37.8 Å². The fourth-order valence-corrected chi connectivity index (χ4v) is 3.22. The molecule has 2 N–H and O–H groups in total. The van der Waals surface area contributed by atoms with Crippen molar-refractivity contribution < 1.29 is 9.32 Å². The van der Waals surface area contributed by atoms with Crippen molar-refractivity contribution in [2.75, 3.05) is 26.2 Å². The van der Waals surface area contributed by atoms with Crippen molar-refractivity contribution in [1.82, 2.24) is 19.9 Å². The minimum Gasteiger partial charge on any atom is -0.340 e. The van der Waals surface area contributed by atoms with Gasteiger partial charge in [-0.3, -0.25) is 9.69 Å². The van der Waals surface area contributed by atoms with E-state index in [0.29, 0.717) is 24.8 Å². The second kappa shape index (κ2) is 8.19. The number of hydrogen-bond acceptors (Lipinski definition) is 6. The van der Waals surface area contributed by atoms with Gasteiger partial charge in [0.15, 0.2) is 0 Å². The Morgan fingerprint density at radius 1 is 1.11 bits per heavy atom. The van der Waals surface area contributed by atoms with Crippen LogP contribution in [0.5, 0.6) is 0 Å². The fraction of sp³-hybridized carbons (Fsp3) is 0.550. The Morgan fingerprint density at radius 3 is 2.33 bits per heavy atom. The summed E-state index contributed by atoms with van der Waals surface area (Å²) in [5.41, 5.74) is 8.01. The predicted molar refractivity (Wildman–Crippen MR) is 104 cm³/mol. The van der Waals surface area contributed by atoms with Crippen LogP contribution in [-0.2, 0) is 4.79 Å². The van der Waals surface area contributed by atoms with Crippen LogP contribution in [0.3, 0.4) is 0 Å². The van der Waals surface area contributed by atoms with Crippen molar-refractivity contribution in [3.8, 4) is 11.4 Å². The standard InChI is InChI=1S/C20H29N5O2/c1-13-5-7-17(8-6-13)18-22-19(27-23-18)16(4)24-9-11-25(12-10-24)20(26)14(2)15(3)21/h5-8,14-16H,9-12,21H2,1-4H3. The third-order valence-corrected chi connectivity index (χ3v) is 5.46. The van der Waals surface area contributed by atoms with Crippen molar-refractivity contribution in [2.24, 2.45) is 11.7 Å². The lowest BCUT2D eigenvalue weighted by Crippen LogP contribution is -2.52. The first-order valence-electron chi connectivity index (χ1n) is 9.56. The highest BCUT2D eigenvalue weighted by Gasteiger charge is 2.30. The van der Waals surface area contributed by atoms with Gasteiger partial charge < -0.3 is 15.2 Å². The third kappa shape index (κ3) is 4.36. The molecule has 1 amide bonds. The molecule has 1 aromatic carbocycles. The molecular weight excluding hydrogens is 342 g/mol. The summed E-state index contributed by atoms with van der Waals surface area (Å²) in [6, 6.07) is 7.95. The van der Waals surface area contributed by atoms with Crippen LogP contribution in [0.4, 0.5) is 0 Å². The van der Waals surface area contributed by atoms with Gasteiger partial charge in [0.05, 0.1) is 12.0 Å². The minimum atomic E-state index is -0.151. The maximum Gasteiger partial charge on any atom is 0.244 e. The van der Waals surface area contributed by atoms with E-state index >= 15 is 0 Å². The summed E-state index contributed by atoms with van der Waals surface area (Å²) in [5, 5.41) is 4.13. The molecule has 1 saturated heterocycles. The Bertz CT molecular complexity index is 763. The smallest absolute Gasteiger partial charge is 0.244 e. The largest absolute Gasteiger partial charge is 0.340 e. The van der Waals surface area contributed by atoms with Gasteiger partial charge in [-0.2, -0.15) is 4.98 Å². The summed E-state index contributed by atoms with van der Waals surface area (Å²) in [4.78, 5) is 21.2. The van der Waals surface area contributed by atoms with Crippen LogP contribution in [0.15, 0.2) is 28.8 Å². The lowest BCUT2D eigenvalue weighted by Gasteiger charge is -2.38. The van der Waals surface area contributed by atoms with Crippen molar-refractivity contribution in [3.63, 3.8) is 0 Å². The van der Waals surface area contributed by atoms with Gasteiger partial charge in [-0.1, -0.05) is 41.9 Å². The number of piperazine rings is 1. The van der Waals surface area contributed by atoms with E-state index in [2.05, 4.69) is 22.0 Å². The topological polar surface area (TPSA) is 88.5 Å². The molecule has 0 aliphatic carbocycles. The number of nitrogens with two attached hydrogens (primary N) is 1. The summed E-state index contributed by atoms with van der Waals surface area (Å²) in [6.45, 7) is 10.8. The molecule has 7 nitrogen and oxygen atoms in total. The average Bonchev–Trinajstić information content (AvgIpc) is 3.17. The first-order valence-corrected chi connectivity index (χ1v) is 9.56. The molecule has 2 aromatic rings. The number of carbonyl (C=O) groups is 1. The first-order chi connectivity index (χ1) is 12.9. The van der Waals surface area contributed by atoms with Gasteiger partial charge in [-0.15, -0.1) is 0 Å². The van der Waals surface area contributed by atoms with Gasteiger partial charge >= 0.3 is 0 Å². The van der Waals surface area contributed by atoms with Crippen LogP contribution < -0.4 is 5.73 Å². The fourth-order valence-electron chi connectivity index (χ4n) is 3.22. The molecule has 0 bridgehead atoms. The second-order valence-electron chi connectivity index (χ2n) is 7.51. The molecule has 146 valence electrons. The summed E-state index contributed by atoms with van der Waals surface area (Å²) in [6.07, 6.45) is 0. The summed E-state index contributed by atoms with van der Waals surface area (Å²) >= 11 is 0. The van der Waals surface area contributed by atoms with E-state index in [-0.39, 0.29) is 23.9 Å². The zero-order chi connectivity index (χ0) is 19.6. The molecule has 3 atom stereocenters. The highest BCUT2D eigenvalue weighted by molar-refractivity contribution is 5.79. The van der Waals surface area contributed by atoms with Crippen molar-refractivity contribution in [2.45, 2.75) is 39.8 Å². The number of aryl methyl sites for hydroxylation is 1. The molecule has 1 aromatic heterocycles. The average molecular weight is 371 g/mol. The van der Waals surface area contributed by atoms with E-state index in [0.717, 1.165) is 18.7 Å². The Labute approximate surface area is 160 Å². The molecular formula is C20H29N5O2. The van der Waals surface area contributed by atoms with Crippen LogP contribution in [0.1, 0.15) is 38.3 Å². The number of nitrogens with zero attached hydrogens (tertiary/aromatic N) is 4. The Kier molecular flexibility index (Phi) is 5.92. The first kappa shape index (κ1) is 19.5. The minimum absolute atomic E-state index is 0.0137. The van der Waals surface area contributed by atoms with Crippen LogP contribution >= 0.6 is 0 Å². The molecule has 0 spiro atoms. The molecule has 1 fully saturated rings.